The van der Waals surface area contributed by atoms with E-state index in [0.29, 0.717) is 5.75 Å². The van der Waals surface area contributed by atoms with Crippen LogP contribution in [0.2, 0.25) is 0 Å². The predicted octanol–water partition coefficient (Wildman–Crippen LogP) is 1.54. The van der Waals surface area contributed by atoms with Crippen LogP contribution in [0.5, 0.6) is 11.5 Å². The van der Waals surface area contributed by atoms with Crippen molar-refractivity contribution < 1.29 is 24.2 Å². The highest BCUT2D eigenvalue weighted by atomic mass is 16.5. The van der Waals surface area contributed by atoms with E-state index >= 15 is 0 Å². The Morgan fingerprint density at radius 1 is 1.24 bits per heavy atom. The molecule has 0 unspecified atom stereocenters. The van der Waals surface area contributed by atoms with E-state index in [-0.39, 0.29) is 31.5 Å². The van der Waals surface area contributed by atoms with Gasteiger partial charge in [0.15, 0.2) is 0 Å². The molecule has 1 amide bonds. The lowest BCUT2D eigenvalue weighted by Gasteiger charge is -2.20. The topological polar surface area (TPSA) is 76.1 Å². The summed E-state index contributed by atoms with van der Waals surface area (Å²) in [6.45, 7) is 0.0000367. The highest BCUT2D eigenvalue weighted by Crippen LogP contribution is 2.27. The summed E-state index contributed by atoms with van der Waals surface area (Å²) >= 11 is 0. The van der Waals surface area contributed by atoms with Crippen molar-refractivity contribution >= 4 is 11.9 Å². The van der Waals surface area contributed by atoms with Crippen molar-refractivity contribution in [2.75, 3.05) is 20.3 Å². The number of nitrogens with zero attached hydrogens (tertiary/aromatic N) is 1. The van der Waals surface area contributed by atoms with E-state index in [4.69, 9.17) is 14.6 Å². The Morgan fingerprint density at radius 3 is 2.38 bits per heavy atom. The first-order chi connectivity index (χ1) is 10.1. The summed E-state index contributed by atoms with van der Waals surface area (Å²) in [5.41, 5.74) is 0. The van der Waals surface area contributed by atoms with Crippen LogP contribution < -0.4 is 9.47 Å². The van der Waals surface area contributed by atoms with Gasteiger partial charge in [0.2, 0.25) is 5.91 Å². The second-order valence-electron chi connectivity index (χ2n) is 4.92. The molecule has 0 aliphatic heterocycles. The summed E-state index contributed by atoms with van der Waals surface area (Å²) in [5, 5.41) is 8.83. The smallest absolute Gasteiger partial charge is 0.323 e. The lowest BCUT2D eigenvalue weighted by molar-refractivity contribution is -0.145. The Hall–Kier alpha value is -2.24. The lowest BCUT2D eigenvalue weighted by Crippen LogP contribution is -2.38. The highest BCUT2D eigenvalue weighted by molar-refractivity contribution is 5.82. The molecule has 1 aliphatic rings. The number of methoxy groups -OCH3 is 1. The molecule has 1 fully saturated rings. The number of carbonyl (C=O) groups excluding carboxylic acids is 1. The van der Waals surface area contributed by atoms with E-state index in [1.165, 1.54) is 4.90 Å². The van der Waals surface area contributed by atoms with Gasteiger partial charge < -0.3 is 19.5 Å². The second kappa shape index (κ2) is 6.97. The number of carboxylic acid groups (broad SMARTS) is 1. The van der Waals surface area contributed by atoms with Gasteiger partial charge in [0, 0.05) is 6.04 Å². The third-order valence-corrected chi connectivity index (χ3v) is 3.26. The molecule has 21 heavy (non-hydrogen) atoms. The summed E-state index contributed by atoms with van der Waals surface area (Å²) < 4.78 is 10.5. The number of benzene rings is 1. The van der Waals surface area contributed by atoms with E-state index in [1.807, 2.05) is 0 Å². The van der Waals surface area contributed by atoms with Crippen molar-refractivity contribution in [3.63, 3.8) is 0 Å². The van der Waals surface area contributed by atoms with Gasteiger partial charge in [-0.25, -0.2) is 0 Å². The van der Waals surface area contributed by atoms with Gasteiger partial charge in [-0.3, -0.25) is 9.59 Å². The minimum Gasteiger partial charge on any atom is -0.497 e. The molecule has 0 heterocycles. The van der Waals surface area contributed by atoms with Crippen LogP contribution in [0, 0.1) is 0 Å². The molecule has 114 valence electrons. The number of ether oxygens (including phenoxy) is 2. The average molecular weight is 293 g/mol. The first-order valence-corrected chi connectivity index (χ1v) is 6.88. The number of aliphatic carboxylic acids is 1. The zero-order valence-corrected chi connectivity index (χ0v) is 11.9. The van der Waals surface area contributed by atoms with E-state index in [9.17, 15) is 9.59 Å². The van der Waals surface area contributed by atoms with Gasteiger partial charge in [0.1, 0.15) is 18.0 Å². The maximum absolute atomic E-state index is 12.0. The van der Waals surface area contributed by atoms with Gasteiger partial charge in [-0.2, -0.15) is 0 Å². The third-order valence-electron chi connectivity index (χ3n) is 3.26. The number of carboxylic acids is 1. The van der Waals surface area contributed by atoms with Crippen LogP contribution in [0.15, 0.2) is 24.3 Å². The molecular weight excluding hydrogens is 274 g/mol. The summed E-state index contributed by atoms with van der Waals surface area (Å²) in [4.78, 5) is 24.2. The van der Waals surface area contributed by atoms with Crippen LogP contribution >= 0.6 is 0 Å². The average Bonchev–Trinajstić information content (AvgIpc) is 3.29. The summed E-state index contributed by atoms with van der Waals surface area (Å²) in [6.07, 6.45) is 1.95. The Bertz CT molecular complexity index is 495. The Balaban J connectivity index is 1.78. The fraction of sp³-hybridized carbons (Fsp3) is 0.467. The monoisotopic (exact) mass is 293 g/mol. The summed E-state index contributed by atoms with van der Waals surface area (Å²) in [5.74, 6) is 0.235. The first-order valence-electron chi connectivity index (χ1n) is 6.88. The van der Waals surface area contributed by atoms with Gasteiger partial charge in [0.25, 0.3) is 0 Å². The van der Waals surface area contributed by atoms with Crippen LogP contribution in [0.1, 0.15) is 19.3 Å². The molecule has 6 nitrogen and oxygen atoms in total. The van der Waals surface area contributed by atoms with Crippen molar-refractivity contribution in [1.82, 2.24) is 4.90 Å². The van der Waals surface area contributed by atoms with Crippen molar-refractivity contribution in [2.24, 2.45) is 0 Å². The molecule has 1 aliphatic carbocycles. The standard InChI is InChI=1S/C15H19NO5/c1-20-12-4-6-13(7-5-12)21-9-8-14(17)16(10-15(18)19)11-2-3-11/h4-7,11H,2-3,8-10H2,1H3,(H,18,19). The number of amides is 1. The first kappa shape index (κ1) is 15.2. The van der Waals surface area contributed by atoms with Crippen LogP contribution in [0.4, 0.5) is 0 Å². The molecular formula is C15H19NO5. The molecule has 0 saturated heterocycles. The molecule has 1 aromatic rings. The Morgan fingerprint density at radius 2 is 1.86 bits per heavy atom. The zero-order chi connectivity index (χ0) is 15.2. The maximum atomic E-state index is 12.0. The molecule has 0 spiro atoms. The zero-order valence-electron chi connectivity index (χ0n) is 11.9. The molecule has 1 saturated carbocycles. The predicted molar refractivity (Wildman–Crippen MR) is 75.5 cm³/mol. The largest absolute Gasteiger partial charge is 0.497 e. The number of hydrogen-bond donors (Lipinski definition) is 1. The van der Waals surface area contributed by atoms with Crippen molar-refractivity contribution in [3.05, 3.63) is 24.3 Å². The molecule has 1 aromatic carbocycles. The van der Waals surface area contributed by atoms with Crippen LogP contribution in [-0.2, 0) is 9.59 Å². The van der Waals surface area contributed by atoms with Gasteiger partial charge in [-0.1, -0.05) is 0 Å². The fourth-order valence-electron chi connectivity index (χ4n) is 2.02. The molecule has 6 heteroatoms. The number of carbonyl (C=O) groups is 2. The van der Waals surface area contributed by atoms with E-state index in [1.54, 1.807) is 31.4 Å². The van der Waals surface area contributed by atoms with Crippen LogP contribution in [0.3, 0.4) is 0 Å². The van der Waals surface area contributed by atoms with Gasteiger partial charge in [0.05, 0.1) is 20.1 Å². The summed E-state index contributed by atoms with van der Waals surface area (Å²) in [7, 11) is 1.59. The van der Waals surface area contributed by atoms with Crippen molar-refractivity contribution in [1.29, 1.82) is 0 Å². The van der Waals surface area contributed by atoms with Gasteiger partial charge >= 0.3 is 5.97 Å². The minimum atomic E-state index is -0.980. The second-order valence-corrected chi connectivity index (χ2v) is 4.92. The minimum absolute atomic E-state index is 0.0922. The van der Waals surface area contributed by atoms with Gasteiger partial charge in [-0.05, 0) is 37.1 Å². The Kier molecular flexibility index (Phi) is 5.03. The molecule has 2 rings (SSSR count). The number of hydrogen-bond acceptors (Lipinski definition) is 4. The quantitative estimate of drug-likeness (QED) is 0.787. The van der Waals surface area contributed by atoms with E-state index < -0.39 is 5.97 Å². The van der Waals surface area contributed by atoms with E-state index in [2.05, 4.69) is 0 Å². The third kappa shape index (κ3) is 4.66. The summed E-state index contributed by atoms with van der Waals surface area (Å²) in [6, 6.07) is 7.17. The van der Waals surface area contributed by atoms with Crippen LogP contribution in [-0.4, -0.2) is 48.2 Å². The fourth-order valence-corrected chi connectivity index (χ4v) is 2.02. The maximum Gasteiger partial charge on any atom is 0.323 e. The lowest BCUT2D eigenvalue weighted by atomic mass is 10.3. The van der Waals surface area contributed by atoms with Crippen LogP contribution in [0.25, 0.3) is 0 Å². The SMILES string of the molecule is COc1ccc(OCCC(=O)N(CC(=O)O)C2CC2)cc1. The molecule has 1 N–H and O–H groups in total. The molecule has 0 aromatic heterocycles. The molecule has 0 radical (unpaired) electrons. The van der Waals surface area contributed by atoms with E-state index in [0.717, 1.165) is 18.6 Å². The van der Waals surface area contributed by atoms with Crippen molar-refractivity contribution in [3.8, 4) is 11.5 Å². The normalized spacial score (nSPS) is 13.6. The highest BCUT2D eigenvalue weighted by Gasteiger charge is 2.33. The molecule has 0 atom stereocenters. The number of rotatable bonds is 8. The van der Waals surface area contributed by atoms with Gasteiger partial charge in [-0.15, -0.1) is 0 Å². The van der Waals surface area contributed by atoms with Crippen molar-refractivity contribution in [2.45, 2.75) is 25.3 Å². The Labute approximate surface area is 123 Å². The molecule has 0 bridgehead atoms.